The smallest absolute Gasteiger partial charge is 0.240 e. The summed E-state index contributed by atoms with van der Waals surface area (Å²) in [7, 11) is 0. The number of fused-ring (bicyclic) bond motifs is 1. The molecule has 1 unspecified atom stereocenters. The Balaban J connectivity index is 1.50. The molecule has 160 valence electrons. The Bertz CT molecular complexity index is 1270. The zero-order valence-corrected chi connectivity index (χ0v) is 18.8. The molecule has 0 aliphatic carbocycles. The quantitative estimate of drug-likeness (QED) is 0.420. The second-order valence-electron chi connectivity index (χ2n) is 7.80. The normalized spacial score (nSPS) is 13.8. The van der Waals surface area contributed by atoms with Crippen LogP contribution in [0.4, 0.5) is 5.69 Å². The molecule has 0 N–H and O–H groups in total. The van der Waals surface area contributed by atoms with E-state index in [1.165, 1.54) is 17.3 Å². The lowest BCUT2D eigenvalue weighted by atomic mass is 10.2. The molecule has 6 nitrogen and oxygen atoms in total. The molecule has 2 aromatic carbocycles. The number of carbonyl (C=O) groups is 1. The molecule has 4 aromatic rings. The number of carbonyl (C=O) groups excluding carboxylic acids is 1. The van der Waals surface area contributed by atoms with Gasteiger partial charge in [-0.05, 0) is 55.7 Å². The van der Waals surface area contributed by atoms with Gasteiger partial charge in [-0.1, -0.05) is 48.2 Å². The number of amides is 1. The van der Waals surface area contributed by atoms with Gasteiger partial charge in [-0.2, -0.15) is 0 Å². The summed E-state index contributed by atoms with van der Waals surface area (Å²) in [6, 6.07) is 20.1. The van der Waals surface area contributed by atoms with E-state index in [0.717, 1.165) is 28.9 Å². The van der Waals surface area contributed by atoms with Crippen molar-refractivity contribution in [2.75, 3.05) is 11.4 Å². The summed E-state index contributed by atoms with van der Waals surface area (Å²) in [6.07, 6.45) is 4.41. The highest BCUT2D eigenvalue weighted by Gasteiger charge is 2.30. The second-order valence-corrected chi connectivity index (χ2v) is 9.11. The van der Waals surface area contributed by atoms with Crippen molar-refractivity contribution >= 4 is 23.4 Å². The lowest BCUT2D eigenvalue weighted by Crippen LogP contribution is -2.35. The largest absolute Gasteiger partial charge is 0.311 e. The standard InChI is InChI=1S/C25H23N5OS/c1-17-8-3-5-11-21(17)30-23(20-10-7-14-26-16-20)27-28-25(30)32-18(2)24(31)29-15-13-19-9-4-6-12-22(19)29/h3-12,14,16,18H,13,15H2,1-2H3. The Morgan fingerprint density at radius 1 is 1.00 bits per heavy atom. The minimum Gasteiger partial charge on any atom is -0.311 e. The van der Waals surface area contributed by atoms with Crippen LogP contribution in [0.5, 0.6) is 0 Å². The molecule has 1 aliphatic rings. The highest BCUT2D eigenvalue weighted by atomic mass is 32.2. The first-order chi connectivity index (χ1) is 15.6. The second kappa shape index (κ2) is 8.59. The van der Waals surface area contributed by atoms with Gasteiger partial charge in [0.25, 0.3) is 0 Å². The van der Waals surface area contributed by atoms with Crippen LogP contribution in [0.15, 0.2) is 78.2 Å². The van der Waals surface area contributed by atoms with Crippen molar-refractivity contribution in [1.82, 2.24) is 19.7 Å². The van der Waals surface area contributed by atoms with E-state index in [1.807, 2.05) is 64.9 Å². The number of benzene rings is 2. The number of nitrogens with zero attached hydrogens (tertiary/aromatic N) is 5. The molecule has 32 heavy (non-hydrogen) atoms. The summed E-state index contributed by atoms with van der Waals surface area (Å²) < 4.78 is 2.03. The number of pyridine rings is 1. The first kappa shape index (κ1) is 20.5. The minimum atomic E-state index is -0.310. The maximum Gasteiger partial charge on any atom is 0.240 e. The summed E-state index contributed by atoms with van der Waals surface area (Å²) in [5.41, 5.74) is 5.21. The van der Waals surface area contributed by atoms with E-state index < -0.39 is 0 Å². The molecule has 7 heteroatoms. The van der Waals surface area contributed by atoms with Gasteiger partial charge in [-0.25, -0.2) is 0 Å². The van der Waals surface area contributed by atoms with Crippen molar-refractivity contribution in [2.45, 2.75) is 30.7 Å². The Labute approximate surface area is 191 Å². The molecule has 0 fully saturated rings. The fourth-order valence-electron chi connectivity index (χ4n) is 4.05. The molecular formula is C25H23N5OS. The van der Waals surface area contributed by atoms with Crippen molar-refractivity contribution in [2.24, 2.45) is 0 Å². The Hall–Kier alpha value is -3.45. The number of aromatic nitrogens is 4. The molecular weight excluding hydrogens is 418 g/mol. The van der Waals surface area contributed by atoms with Crippen molar-refractivity contribution < 1.29 is 4.79 Å². The number of hydrogen-bond donors (Lipinski definition) is 0. The molecule has 1 atom stereocenters. The maximum atomic E-state index is 13.3. The summed E-state index contributed by atoms with van der Waals surface area (Å²) >= 11 is 1.44. The summed E-state index contributed by atoms with van der Waals surface area (Å²) in [6.45, 7) is 4.72. The van der Waals surface area contributed by atoms with E-state index in [9.17, 15) is 4.79 Å². The molecule has 1 amide bonds. The van der Waals surface area contributed by atoms with E-state index >= 15 is 0 Å². The Morgan fingerprint density at radius 2 is 1.78 bits per heavy atom. The van der Waals surface area contributed by atoms with Gasteiger partial charge in [-0.15, -0.1) is 10.2 Å². The SMILES string of the molecule is Cc1ccccc1-n1c(SC(C)C(=O)N2CCc3ccccc32)nnc1-c1cccnc1. The van der Waals surface area contributed by atoms with Crippen LogP contribution in [0.3, 0.4) is 0 Å². The molecule has 0 radical (unpaired) electrons. The van der Waals surface area contributed by atoms with E-state index in [-0.39, 0.29) is 11.2 Å². The first-order valence-electron chi connectivity index (χ1n) is 10.6. The third-order valence-electron chi connectivity index (χ3n) is 5.69. The van der Waals surface area contributed by atoms with E-state index in [0.29, 0.717) is 17.5 Å². The number of rotatable bonds is 5. The lowest BCUT2D eigenvalue weighted by Gasteiger charge is -2.21. The van der Waals surface area contributed by atoms with Gasteiger partial charge < -0.3 is 4.90 Å². The Morgan fingerprint density at radius 3 is 2.56 bits per heavy atom. The molecule has 2 aromatic heterocycles. The van der Waals surface area contributed by atoms with Crippen LogP contribution in [0.25, 0.3) is 17.1 Å². The molecule has 1 aliphatic heterocycles. The first-order valence-corrected chi connectivity index (χ1v) is 11.5. The number of para-hydroxylation sites is 2. The van der Waals surface area contributed by atoms with Crippen LogP contribution in [0.2, 0.25) is 0 Å². The molecule has 0 bridgehead atoms. The predicted molar refractivity (Wildman–Crippen MR) is 127 cm³/mol. The highest BCUT2D eigenvalue weighted by Crippen LogP contribution is 2.34. The summed E-state index contributed by atoms with van der Waals surface area (Å²) in [5, 5.41) is 9.33. The monoisotopic (exact) mass is 441 g/mol. The van der Waals surface area contributed by atoms with E-state index in [4.69, 9.17) is 0 Å². The van der Waals surface area contributed by atoms with Crippen LogP contribution in [-0.2, 0) is 11.2 Å². The number of thioether (sulfide) groups is 1. The molecule has 0 saturated heterocycles. The van der Waals surface area contributed by atoms with Gasteiger partial charge in [0.15, 0.2) is 11.0 Å². The molecule has 0 spiro atoms. The van der Waals surface area contributed by atoms with Gasteiger partial charge in [0.2, 0.25) is 5.91 Å². The summed E-state index contributed by atoms with van der Waals surface area (Å²) in [4.78, 5) is 19.5. The van der Waals surface area contributed by atoms with E-state index in [2.05, 4.69) is 34.2 Å². The predicted octanol–water partition coefficient (Wildman–Crippen LogP) is 4.71. The maximum absolute atomic E-state index is 13.3. The Kier molecular flexibility index (Phi) is 5.49. The van der Waals surface area contributed by atoms with Gasteiger partial charge in [-0.3, -0.25) is 14.3 Å². The topological polar surface area (TPSA) is 63.9 Å². The van der Waals surface area contributed by atoms with Crippen LogP contribution in [-0.4, -0.2) is 37.5 Å². The fraction of sp³-hybridized carbons (Fsp3) is 0.200. The average Bonchev–Trinajstić information content (AvgIpc) is 3.44. The number of hydrogen-bond acceptors (Lipinski definition) is 5. The zero-order chi connectivity index (χ0) is 22.1. The van der Waals surface area contributed by atoms with Crippen molar-refractivity contribution in [1.29, 1.82) is 0 Å². The van der Waals surface area contributed by atoms with Gasteiger partial charge >= 0.3 is 0 Å². The zero-order valence-electron chi connectivity index (χ0n) is 18.0. The van der Waals surface area contributed by atoms with Crippen molar-refractivity contribution in [3.63, 3.8) is 0 Å². The minimum absolute atomic E-state index is 0.0854. The van der Waals surface area contributed by atoms with Gasteiger partial charge in [0.05, 0.1) is 10.9 Å². The highest BCUT2D eigenvalue weighted by molar-refractivity contribution is 8.00. The average molecular weight is 442 g/mol. The van der Waals surface area contributed by atoms with E-state index in [1.54, 1.807) is 12.4 Å². The molecule has 5 rings (SSSR count). The number of aryl methyl sites for hydroxylation is 1. The van der Waals surface area contributed by atoms with Crippen molar-refractivity contribution in [3.05, 3.63) is 84.2 Å². The van der Waals surface area contributed by atoms with Crippen LogP contribution < -0.4 is 4.90 Å². The van der Waals surface area contributed by atoms with Gasteiger partial charge in [0.1, 0.15) is 0 Å². The third-order valence-corrected chi connectivity index (χ3v) is 6.72. The van der Waals surface area contributed by atoms with Crippen LogP contribution in [0.1, 0.15) is 18.1 Å². The van der Waals surface area contributed by atoms with Gasteiger partial charge in [0, 0.05) is 30.2 Å². The summed E-state index contributed by atoms with van der Waals surface area (Å²) in [5.74, 6) is 0.795. The van der Waals surface area contributed by atoms with Crippen LogP contribution >= 0.6 is 11.8 Å². The van der Waals surface area contributed by atoms with Crippen LogP contribution in [0, 0.1) is 6.92 Å². The van der Waals surface area contributed by atoms with Crippen molar-refractivity contribution in [3.8, 4) is 17.1 Å². The lowest BCUT2D eigenvalue weighted by molar-refractivity contribution is -0.117. The number of anilines is 1. The molecule has 0 saturated carbocycles. The fourth-order valence-corrected chi connectivity index (χ4v) is 4.98. The molecule has 3 heterocycles. The third kappa shape index (κ3) is 3.69.